The Morgan fingerprint density at radius 2 is 2.12 bits per heavy atom. The van der Waals surface area contributed by atoms with Crippen molar-refractivity contribution in [1.82, 2.24) is 4.98 Å². The maximum atomic E-state index is 5.62. The molecule has 2 rings (SSSR count). The molecule has 0 saturated heterocycles. The van der Waals surface area contributed by atoms with E-state index in [1.54, 1.807) is 18.4 Å². The van der Waals surface area contributed by atoms with Crippen molar-refractivity contribution in [3.63, 3.8) is 0 Å². The van der Waals surface area contributed by atoms with Gasteiger partial charge in [-0.05, 0) is 19.1 Å². The number of thiazole rings is 1. The molecule has 0 atom stereocenters. The van der Waals surface area contributed by atoms with E-state index in [0.29, 0.717) is 6.61 Å². The summed E-state index contributed by atoms with van der Waals surface area (Å²) in [5.74, 6) is 1.60. The number of aryl methyl sites for hydroxylation is 1. The number of aromatic nitrogens is 1. The molecule has 0 aliphatic carbocycles. The van der Waals surface area contributed by atoms with Crippen molar-refractivity contribution >= 4 is 11.3 Å². The van der Waals surface area contributed by atoms with E-state index in [2.05, 4.69) is 4.98 Å². The minimum atomic E-state index is 0.506. The molecule has 0 aliphatic heterocycles. The van der Waals surface area contributed by atoms with E-state index >= 15 is 0 Å². The van der Waals surface area contributed by atoms with Gasteiger partial charge in [0.2, 0.25) is 0 Å². The third-order valence-corrected chi connectivity index (χ3v) is 3.01. The van der Waals surface area contributed by atoms with Gasteiger partial charge in [0, 0.05) is 17.1 Å². The fraction of sp³-hybridized carbons (Fsp3) is 0.250. The standard InChI is InChI=1S/C12H13NO2S/c1-9-8-16-12(13-9)7-15-11-5-3-4-10(6-11)14-2/h3-6,8H,7H2,1-2H3. The lowest BCUT2D eigenvalue weighted by molar-refractivity contribution is 0.303. The second-order valence-electron chi connectivity index (χ2n) is 3.35. The lowest BCUT2D eigenvalue weighted by Gasteiger charge is -2.05. The zero-order valence-electron chi connectivity index (χ0n) is 9.27. The number of nitrogens with zero attached hydrogens (tertiary/aromatic N) is 1. The van der Waals surface area contributed by atoms with Crippen molar-refractivity contribution in [3.05, 3.63) is 40.3 Å². The van der Waals surface area contributed by atoms with Crippen LogP contribution in [0.4, 0.5) is 0 Å². The van der Waals surface area contributed by atoms with Gasteiger partial charge >= 0.3 is 0 Å². The van der Waals surface area contributed by atoms with Crippen LogP contribution in [0.3, 0.4) is 0 Å². The highest BCUT2D eigenvalue weighted by Crippen LogP contribution is 2.20. The maximum Gasteiger partial charge on any atom is 0.140 e. The molecule has 16 heavy (non-hydrogen) atoms. The highest BCUT2D eigenvalue weighted by Gasteiger charge is 2.01. The summed E-state index contributed by atoms with van der Waals surface area (Å²) in [6.07, 6.45) is 0. The molecule has 1 heterocycles. The number of methoxy groups -OCH3 is 1. The third-order valence-electron chi connectivity index (χ3n) is 2.07. The summed E-state index contributed by atoms with van der Waals surface area (Å²) in [4.78, 5) is 4.33. The van der Waals surface area contributed by atoms with Crippen LogP contribution in [-0.2, 0) is 6.61 Å². The normalized spacial score (nSPS) is 10.1. The number of ether oxygens (including phenoxy) is 2. The van der Waals surface area contributed by atoms with Gasteiger partial charge in [-0.3, -0.25) is 0 Å². The monoisotopic (exact) mass is 235 g/mol. The number of hydrogen-bond acceptors (Lipinski definition) is 4. The molecule has 0 aliphatic rings. The van der Waals surface area contributed by atoms with E-state index in [1.807, 2.05) is 36.6 Å². The topological polar surface area (TPSA) is 31.4 Å². The molecule has 0 fully saturated rings. The second-order valence-corrected chi connectivity index (χ2v) is 4.29. The van der Waals surface area contributed by atoms with Crippen LogP contribution < -0.4 is 9.47 Å². The van der Waals surface area contributed by atoms with Crippen LogP contribution in [-0.4, -0.2) is 12.1 Å². The number of rotatable bonds is 4. The Kier molecular flexibility index (Phi) is 3.41. The van der Waals surface area contributed by atoms with E-state index in [-0.39, 0.29) is 0 Å². The maximum absolute atomic E-state index is 5.62. The van der Waals surface area contributed by atoms with Crippen LogP contribution in [0.5, 0.6) is 11.5 Å². The van der Waals surface area contributed by atoms with Crippen molar-refractivity contribution < 1.29 is 9.47 Å². The fourth-order valence-corrected chi connectivity index (χ4v) is 1.99. The summed E-state index contributed by atoms with van der Waals surface area (Å²) in [6.45, 7) is 2.48. The molecule has 0 bridgehead atoms. The SMILES string of the molecule is COc1cccc(OCc2nc(C)cs2)c1. The lowest BCUT2D eigenvalue weighted by atomic mass is 10.3. The molecule has 0 unspecified atom stereocenters. The van der Waals surface area contributed by atoms with Gasteiger partial charge in [0.05, 0.1) is 7.11 Å². The molecule has 84 valence electrons. The molecule has 0 amide bonds. The van der Waals surface area contributed by atoms with Gasteiger partial charge in [0.1, 0.15) is 23.1 Å². The largest absolute Gasteiger partial charge is 0.497 e. The highest BCUT2D eigenvalue weighted by atomic mass is 32.1. The summed E-state index contributed by atoms with van der Waals surface area (Å²) in [5, 5.41) is 3.00. The predicted octanol–water partition coefficient (Wildman–Crippen LogP) is 3.04. The van der Waals surface area contributed by atoms with Crippen molar-refractivity contribution in [3.8, 4) is 11.5 Å². The first kappa shape index (κ1) is 11.0. The van der Waals surface area contributed by atoms with Gasteiger partial charge in [-0.25, -0.2) is 4.98 Å². The van der Waals surface area contributed by atoms with E-state index in [0.717, 1.165) is 22.2 Å². The Bertz CT molecular complexity index is 468. The average molecular weight is 235 g/mol. The van der Waals surface area contributed by atoms with Crippen LogP contribution in [0.15, 0.2) is 29.6 Å². The summed E-state index contributed by atoms with van der Waals surface area (Å²) >= 11 is 1.61. The lowest BCUT2D eigenvalue weighted by Crippen LogP contribution is -1.95. The van der Waals surface area contributed by atoms with Crippen molar-refractivity contribution in [2.24, 2.45) is 0 Å². The Hall–Kier alpha value is -1.55. The van der Waals surface area contributed by atoms with Gasteiger partial charge in [0.25, 0.3) is 0 Å². The molecule has 0 spiro atoms. The minimum absolute atomic E-state index is 0.506. The molecule has 1 aromatic carbocycles. The second kappa shape index (κ2) is 4.99. The van der Waals surface area contributed by atoms with Crippen molar-refractivity contribution in [2.75, 3.05) is 7.11 Å². The Morgan fingerprint density at radius 3 is 2.81 bits per heavy atom. The van der Waals surface area contributed by atoms with Gasteiger partial charge < -0.3 is 9.47 Å². The summed E-state index contributed by atoms with van der Waals surface area (Å²) in [7, 11) is 1.64. The zero-order chi connectivity index (χ0) is 11.4. The van der Waals surface area contributed by atoms with Crippen LogP contribution in [0.1, 0.15) is 10.7 Å². The average Bonchev–Trinajstić information content (AvgIpc) is 2.73. The smallest absolute Gasteiger partial charge is 0.140 e. The predicted molar refractivity (Wildman–Crippen MR) is 64.2 cm³/mol. The molecule has 1 aromatic heterocycles. The van der Waals surface area contributed by atoms with Gasteiger partial charge in [-0.1, -0.05) is 6.07 Å². The first-order valence-electron chi connectivity index (χ1n) is 4.96. The molecule has 0 radical (unpaired) electrons. The van der Waals surface area contributed by atoms with Gasteiger partial charge in [-0.2, -0.15) is 0 Å². The zero-order valence-corrected chi connectivity index (χ0v) is 10.1. The van der Waals surface area contributed by atoms with E-state index in [9.17, 15) is 0 Å². The number of benzene rings is 1. The quantitative estimate of drug-likeness (QED) is 0.816. The third kappa shape index (κ3) is 2.73. The molecule has 3 nitrogen and oxygen atoms in total. The molecule has 0 N–H and O–H groups in total. The first-order valence-corrected chi connectivity index (χ1v) is 5.84. The van der Waals surface area contributed by atoms with Gasteiger partial charge in [0.15, 0.2) is 0 Å². The number of hydrogen-bond donors (Lipinski definition) is 0. The van der Waals surface area contributed by atoms with E-state index in [1.165, 1.54) is 0 Å². The van der Waals surface area contributed by atoms with E-state index in [4.69, 9.17) is 9.47 Å². The summed E-state index contributed by atoms with van der Waals surface area (Å²) in [6, 6.07) is 7.56. The van der Waals surface area contributed by atoms with Gasteiger partial charge in [-0.15, -0.1) is 11.3 Å². The van der Waals surface area contributed by atoms with E-state index < -0.39 is 0 Å². The Labute approximate surface area is 98.7 Å². The van der Waals surface area contributed by atoms with Crippen LogP contribution >= 0.6 is 11.3 Å². The Morgan fingerprint density at radius 1 is 1.31 bits per heavy atom. The molecular formula is C12H13NO2S. The van der Waals surface area contributed by atoms with Crippen LogP contribution in [0, 0.1) is 6.92 Å². The fourth-order valence-electron chi connectivity index (χ4n) is 1.31. The summed E-state index contributed by atoms with van der Waals surface area (Å²) < 4.78 is 10.7. The van der Waals surface area contributed by atoms with Crippen LogP contribution in [0.2, 0.25) is 0 Å². The highest BCUT2D eigenvalue weighted by molar-refractivity contribution is 7.09. The molecule has 2 aromatic rings. The summed E-state index contributed by atoms with van der Waals surface area (Å²) in [5.41, 5.74) is 1.04. The molecule has 0 saturated carbocycles. The molecular weight excluding hydrogens is 222 g/mol. The van der Waals surface area contributed by atoms with Crippen molar-refractivity contribution in [2.45, 2.75) is 13.5 Å². The minimum Gasteiger partial charge on any atom is -0.497 e. The van der Waals surface area contributed by atoms with Crippen molar-refractivity contribution in [1.29, 1.82) is 0 Å². The van der Waals surface area contributed by atoms with Crippen LogP contribution in [0.25, 0.3) is 0 Å². The first-order chi connectivity index (χ1) is 7.78. The Balaban J connectivity index is 1.99. The molecule has 4 heteroatoms.